The first-order valence-corrected chi connectivity index (χ1v) is 12.5. The average molecular weight is 473 g/mol. The molecule has 1 saturated heterocycles. The van der Waals surface area contributed by atoms with Gasteiger partial charge >= 0.3 is 6.03 Å². The van der Waals surface area contributed by atoms with Crippen molar-refractivity contribution in [2.45, 2.75) is 57.0 Å². The van der Waals surface area contributed by atoms with Crippen molar-refractivity contribution in [3.8, 4) is 0 Å². The van der Waals surface area contributed by atoms with Crippen molar-refractivity contribution in [2.75, 3.05) is 18.4 Å². The van der Waals surface area contributed by atoms with E-state index in [2.05, 4.69) is 10.3 Å². The molecule has 0 atom stereocenters. The largest absolute Gasteiger partial charge is 0.339 e. The van der Waals surface area contributed by atoms with E-state index in [9.17, 15) is 9.59 Å². The molecule has 2 aliphatic rings. The first-order chi connectivity index (χ1) is 15.6. The molecule has 8 heteroatoms. The number of benzene rings is 1. The Hall–Kier alpha value is -2.38. The number of amides is 3. The number of halogens is 1. The van der Waals surface area contributed by atoms with Crippen LogP contribution >= 0.6 is 22.9 Å². The van der Waals surface area contributed by atoms with E-state index in [1.165, 1.54) is 17.8 Å². The number of urea groups is 1. The van der Waals surface area contributed by atoms with Crippen LogP contribution in [0.4, 0.5) is 9.93 Å². The van der Waals surface area contributed by atoms with Crippen LogP contribution in [-0.2, 0) is 4.79 Å². The van der Waals surface area contributed by atoms with Crippen LogP contribution in [0.15, 0.2) is 42.6 Å². The molecule has 0 radical (unpaired) electrons. The average Bonchev–Trinajstić information content (AvgIpc) is 3.24. The summed E-state index contributed by atoms with van der Waals surface area (Å²) in [5.41, 5.74) is 1.01. The predicted octanol–water partition coefficient (Wildman–Crippen LogP) is 5.67. The van der Waals surface area contributed by atoms with Crippen LogP contribution in [0, 0.1) is 0 Å². The van der Waals surface area contributed by atoms with E-state index in [4.69, 9.17) is 11.6 Å². The van der Waals surface area contributed by atoms with E-state index in [-0.39, 0.29) is 24.0 Å². The third-order valence-electron chi connectivity index (χ3n) is 6.28. The van der Waals surface area contributed by atoms with Crippen LogP contribution < -0.4 is 5.32 Å². The molecular formula is C24H29ClN4O2S. The molecule has 1 saturated carbocycles. The van der Waals surface area contributed by atoms with Gasteiger partial charge in [0.2, 0.25) is 5.91 Å². The molecule has 1 aromatic heterocycles. The second kappa shape index (κ2) is 11.0. The molecule has 0 spiro atoms. The van der Waals surface area contributed by atoms with Crippen LogP contribution in [0.25, 0.3) is 6.08 Å². The highest BCUT2D eigenvalue weighted by Crippen LogP contribution is 2.30. The predicted molar refractivity (Wildman–Crippen MR) is 130 cm³/mol. The first kappa shape index (κ1) is 22.8. The summed E-state index contributed by atoms with van der Waals surface area (Å²) in [6.45, 7) is 1.31. The fraction of sp³-hybridized carbons (Fsp3) is 0.458. The van der Waals surface area contributed by atoms with Crippen molar-refractivity contribution in [1.29, 1.82) is 0 Å². The molecule has 1 aliphatic heterocycles. The lowest BCUT2D eigenvalue weighted by Gasteiger charge is -2.43. The fourth-order valence-corrected chi connectivity index (χ4v) is 5.46. The van der Waals surface area contributed by atoms with Crippen molar-refractivity contribution in [2.24, 2.45) is 0 Å². The van der Waals surface area contributed by atoms with Gasteiger partial charge in [0.15, 0.2) is 5.13 Å². The number of hydrogen-bond acceptors (Lipinski definition) is 4. The molecule has 4 rings (SSSR count). The van der Waals surface area contributed by atoms with Crippen molar-refractivity contribution in [3.05, 3.63) is 52.5 Å². The number of carbonyl (C=O) groups excluding carboxylic acids is 2. The summed E-state index contributed by atoms with van der Waals surface area (Å²) >= 11 is 7.25. The summed E-state index contributed by atoms with van der Waals surface area (Å²) in [4.78, 5) is 34.0. The zero-order chi connectivity index (χ0) is 22.3. The highest BCUT2D eigenvalue weighted by atomic mass is 35.5. The SMILES string of the molecule is O=C(C=Cc1ccccc1)N1CCC(N(C(=O)Nc2ncc(Cl)s2)C2CCCCC2)CC1. The molecule has 3 amide bonds. The van der Waals surface area contributed by atoms with E-state index in [0.29, 0.717) is 22.6 Å². The number of rotatable bonds is 5. The van der Waals surface area contributed by atoms with Crippen LogP contribution in [0.2, 0.25) is 4.34 Å². The minimum absolute atomic E-state index is 0.0263. The Kier molecular flexibility index (Phi) is 7.81. The highest BCUT2D eigenvalue weighted by Gasteiger charge is 2.34. The van der Waals surface area contributed by atoms with Crippen LogP contribution in [0.1, 0.15) is 50.5 Å². The minimum atomic E-state index is -0.100. The molecule has 2 aromatic rings. The van der Waals surface area contributed by atoms with Gasteiger partial charge in [0.1, 0.15) is 4.34 Å². The number of anilines is 1. The molecule has 0 unspecified atom stereocenters. The van der Waals surface area contributed by atoms with Crippen molar-refractivity contribution in [3.63, 3.8) is 0 Å². The van der Waals surface area contributed by atoms with E-state index >= 15 is 0 Å². The number of nitrogens with one attached hydrogen (secondary N) is 1. The van der Waals surface area contributed by atoms with Crippen LogP contribution in [-0.4, -0.2) is 51.9 Å². The molecule has 170 valence electrons. The Bertz CT molecular complexity index is 934. The van der Waals surface area contributed by atoms with Gasteiger partial charge in [0.05, 0.1) is 6.20 Å². The molecule has 1 aliphatic carbocycles. The second-order valence-electron chi connectivity index (χ2n) is 8.40. The minimum Gasteiger partial charge on any atom is -0.339 e. The molecule has 32 heavy (non-hydrogen) atoms. The quantitative estimate of drug-likeness (QED) is 0.570. The Balaban J connectivity index is 1.38. The van der Waals surface area contributed by atoms with Gasteiger partial charge in [-0.25, -0.2) is 9.78 Å². The summed E-state index contributed by atoms with van der Waals surface area (Å²) in [5.74, 6) is 0.0263. The van der Waals surface area contributed by atoms with Gasteiger partial charge in [-0.15, -0.1) is 0 Å². The smallest absolute Gasteiger partial charge is 0.324 e. The lowest BCUT2D eigenvalue weighted by atomic mass is 9.91. The molecule has 0 bridgehead atoms. The van der Waals surface area contributed by atoms with Gasteiger partial charge in [-0.3, -0.25) is 10.1 Å². The van der Waals surface area contributed by atoms with E-state index in [0.717, 1.165) is 44.1 Å². The number of likely N-dealkylation sites (tertiary alicyclic amines) is 1. The summed E-state index contributed by atoms with van der Waals surface area (Å²) in [6.07, 6.45) is 12.2. The van der Waals surface area contributed by atoms with Gasteiger partial charge < -0.3 is 9.80 Å². The van der Waals surface area contributed by atoms with Crippen LogP contribution in [0.3, 0.4) is 0 Å². The van der Waals surface area contributed by atoms with Gasteiger partial charge in [0.25, 0.3) is 0 Å². The maximum atomic E-state index is 13.2. The zero-order valence-electron chi connectivity index (χ0n) is 18.1. The molecular weight excluding hydrogens is 444 g/mol. The molecule has 1 aromatic carbocycles. The topological polar surface area (TPSA) is 65.5 Å². The molecule has 1 N–H and O–H groups in total. The second-order valence-corrected chi connectivity index (χ2v) is 10.1. The summed E-state index contributed by atoms with van der Waals surface area (Å²) in [6, 6.07) is 10.1. The van der Waals surface area contributed by atoms with Gasteiger partial charge in [-0.2, -0.15) is 0 Å². The summed E-state index contributed by atoms with van der Waals surface area (Å²) < 4.78 is 0.555. The van der Waals surface area contributed by atoms with E-state index in [1.807, 2.05) is 46.2 Å². The Labute approximate surface area is 198 Å². The highest BCUT2D eigenvalue weighted by molar-refractivity contribution is 7.19. The normalized spacial score (nSPS) is 18.1. The summed E-state index contributed by atoms with van der Waals surface area (Å²) in [5, 5.41) is 3.48. The van der Waals surface area contributed by atoms with E-state index in [1.54, 1.807) is 12.3 Å². The molecule has 6 nitrogen and oxygen atoms in total. The lowest BCUT2D eigenvalue weighted by molar-refractivity contribution is -0.127. The number of carbonyl (C=O) groups is 2. The number of piperidine rings is 1. The van der Waals surface area contributed by atoms with Gasteiger partial charge in [-0.1, -0.05) is 72.5 Å². The monoisotopic (exact) mass is 472 g/mol. The lowest BCUT2D eigenvalue weighted by Crippen LogP contribution is -2.54. The third kappa shape index (κ3) is 5.90. The summed E-state index contributed by atoms with van der Waals surface area (Å²) in [7, 11) is 0. The van der Waals surface area contributed by atoms with E-state index < -0.39 is 0 Å². The Morgan fingerprint density at radius 1 is 1.06 bits per heavy atom. The Morgan fingerprint density at radius 2 is 1.75 bits per heavy atom. The van der Waals surface area contributed by atoms with Crippen molar-refractivity contribution in [1.82, 2.24) is 14.8 Å². The number of thiazole rings is 1. The van der Waals surface area contributed by atoms with Gasteiger partial charge in [0, 0.05) is 31.2 Å². The zero-order valence-corrected chi connectivity index (χ0v) is 19.7. The van der Waals surface area contributed by atoms with Crippen LogP contribution in [0.5, 0.6) is 0 Å². The Morgan fingerprint density at radius 3 is 2.41 bits per heavy atom. The molecule has 2 fully saturated rings. The maximum Gasteiger partial charge on any atom is 0.324 e. The molecule has 2 heterocycles. The fourth-order valence-electron chi connectivity index (χ4n) is 4.66. The van der Waals surface area contributed by atoms with Crippen molar-refractivity contribution < 1.29 is 9.59 Å². The van der Waals surface area contributed by atoms with Crippen molar-refractivity contribution >= 4 is 46.1 Å². The number of hydrogen-bond donors (Lipinski definition) is 1. The first-order valence-electron chi connectivity index (χ1n) is 11.3. The third-order valence-corrected chi connectivity index (χ3v) is 7.31. The number of aromatic nitrogens is 1. The maximum absolute atomic E-state index is 13.2. The number of nitrogens with zero attached hydrogens (tertiary/aromatic N) is 3. The standard InChI is InChI=1S/C24H29ClN4O2S/c25-21-17-26-23(32-21)27-24(31)29(19-9-5-2-6-10-19)20-13-15-28(16-14-20)22(30)12-11-18-7-3-1-4-8-18/h1,3-4,7-8,11-12,17,19-20H,2,5-6,9-10,13-16H2,(H,26,27,31). The van der Waals surface area contributed by atoms with Gasteiger partial charge in [-0.05, 0) is 37.3 Å².